The molecule has 6 rings (SSSR count). The predicted molar refractivity (Wildman–Crippen MR) is 219 cm³/mol. The number of nitrogens with one attached hydrogen (secondary N) is 6. The van der Waals surface area contributed by atoms with Gasteiger partial charge in [0.05, 0.1) is 60.5 Å². The molecule has 0 saturated carbocycles. The number of H-pyrrole nitrogens is 1. The Balaban J connectivity index is 1.11. The number of carbonyl (C=O) groups excluding carboxylic acids is 5. The summed E-state index contributed by atoms with van der Waals surface area (Å²) in [6.45, 7) is 0. The number of ether oxygens (including phenoxy) is 2. The van der Waals surface area contributed by atoms with Crippen LogP contribution in [0.15, 0.2) is 91.3 Å². The van der Waals surface area contributed by atoms with Gasteiger partial charge in [-0.25, -0.2) is 14.2 Å². The number of benzene rings is 4. The summed E-state index contributed by atoms with van der Waals surface area (Å²) in [5.41, 5.74) is -0.741. The molecule has 4 aromatic carbocycles. The summed E-state index contributed by atoms with van der Waals surface area (Å²) in [7, 11) is 2.29. The highest BCUT2D eigenvalue weighted by atomic mass is 19.1. The van der Waals surface area contributed by atoms with Crippen LogP contribution in [-0.2, 0) is 11.2 Å². The lowest BCUT2D eigenvalue weighted by atomic mass is 10.1. The van der Waals surface area contributed by atoms with Gasteiger partial charge in [0, 0.05) is 23.7 Å². The first kappa shape index (κ1) is 43.5. The van der Waals surface area contributed by atoms with Gasteiger partial charge < -0.3 is 56.5 Å². The van der Waals surface area contributed by atoms with Gasteiger partial charge in [0.1, 0.15) is 28.9 Å². The van der Waals surface area contributed by atoms with Crippen LogP contribution < -0.4 is 36.1 Å². The van der Waals surface area contributed by atoms with Crippen LogP contribution in [0.5, 0.6) is 28.7 Å². The molecule has 0 bridgehead atoms. The van der Waals surface area contributed by atoms with Crippen LogP contribution in [0.4, 0.5) is 27.1 Å². The first-order valence-electron chi connectivity index (χ1n) is 18.2. The number of hydrogen-bond donors (Lipinski definition) is 10. The van der Waals surface area contributed by atoms with Crippen molar-refractivity contribution in [3.8, 4) is 28.7 Å². The van der Waals surface area contributed by atoms with Crippen molar-refractivity contribution in [2.75, 3.05) is 35.5 Å². The molecule has 322 valence electrons. The molecule has 21 nitrogen and oxygen atoms in total. The van der Waals surface area contributed by atoms with Gasteiger partial charge >= 0.3 is 5.97 Å². The molecule has 10 N–H and O–H groups in total. The van der Waals surface area contributed by atoms with Crippen LogP contribution in [0.25, 0.3) is 0 Å². The Hall–Kier alpha value is -9.08. The number of aromatic nitrogens is 4. The maximum Gasteiger partial charge on any atom is 0.339 e. The lowest BCUT2D eigenvalue weighted by Crippen LogP contribution is -2.45. The monoisotopic (exact) mass is 863 g/mol. The van der Waals surface area contributed by atoms with Crippen molar-refractivity contribution < 1.29 is 63.1 Å². The van der Waals surface area contributed by atoms with Gasteiger partial charge in [-0.05, 0) is 72.8 Å². The molecule has 0 aliphatic rings. The topological polar surface area (TPSA) is 316 Å². The third-order valence-electron chi connectivity index (χ3n) is 9.01. The molecule has 0 fully saturated rings. The largest absolute Gasteiger partial charge is 0.507 e. The molecule has 6 aromatic rings. The fraction of sp³-hybridized carbons (Fsp3) is 0.0976. The first-order valence-corrected chi connectivity index (χ1v) is 18.2. The fourth-order valence-electron chi connectivity index (χ4n) is 5.90. The number of amides is 5. The molecule has 0 aliphatic heterocycles. The van der Waals surface area contributed by atoms with Crippen molar-refractivity contribution in [2.24, 2.45) is 0 Å². The summed E-state index contributed by atoms with van der Waals surface area (Å²) < 4.78 is 23.5. The Bertz CT molecular complexity index is 2730. The number of phenolic OH excluding ortho intramolecular Hbond substituents is 2. The van der Waals surface area contributed by atoms with Crippen LogP contribution in [0.3, 0.4) is 0 Å². The summed E-state index contributed by atoms with van der Waals surface area (Å²) in [5, 5.41) is 64.0. The molecule has 22 heteroatoms. The molecular formula is C41H34FN9O12. The number of carboxylic acids is 1. The Kier molecular flexibility index (Phi) is 13.0. The van der Waals surface area contributed by atoms with Gasteiger partial charge in [-0.1, -0.05) is 0 Å². The Labute approximate surface area is 353 Å². The molecule has 1 atom stereocenters. The van der Waals surface area contributed by atoms with E-state index in [4.69, 9.17) is 9.47 Å². The highest BCUT2D eigenvalue weighted by Gasteiger charge is 2.26. The third kappa shape index (κ3) is 10.0. The lowest BCUT2D eigenvalue weighted by molar-refractivity contribution is -0.118. The molecule has 0 aliphatic carbocycles. The van der Waals surface area contributed by atoms with Gasteiger partial charge in [-0.3, -0.25) is 24.0 Å². The number of halogens is 1. The molecule has 0 spiro atoms. The van der Waals surface area contributed by atoms with Gasteiger partial charge in [0.15, 0.2) is 23.0 Å². The minimum Gasteiger partial charge on any atom is -0.507 e. The number of carbonyl (C=O) groups is 6. The maximum atomic E-state index is 13.5. The molecular weight excluding hydrogens is 830 g/mol. The Morgan fingerprint density at radius 3 is 1.86 bits per heavy atom. The second kappa shape index (κ2) is 18.9. The summed E-state index contributed by atoms with van der Waals surface area (Å²) in [6.07, 6.45) is 2.42. The van der Waals surface area contributed by atoms with Crippen molar-refractivity contribution in [3.05, 3.63) is 131 Å². The minimum atomic E-state index is -1.44. The summed E-state index contributed by atoms with van der Waals surface area (Å²) in [4.78, 5) is 81.2. The zero-order valence-corrected chi connectivity index (χ0v) is 32.7. The fourth-order valence-corrected chi connectivity index (χ4v) is 5.90. The quantitative estimate of drug-likeness (QED) is 0.0700. The second-order valence-corrected chi connectivity index (χ2v) is 13.1. The molecule has 5 amide bonds. The number of anilines is 4. The summed E-state index contributed by atoms with van der Waals surface area (Å²) >= 11 is 0. The highest BCUT2D eigenvalue weighted by molar-refractivity contribution is 6.11. The standard InChI is InChI=1S/C41H34FN9O12/c1-62-34-27(13-10-25(32(34)53)38(57)48-28-14-11-26(41(60)61)33(54)35(28)63-2)47-37(56)24-9-7-21(16-31(24)52)45-40(59)30(15-23-18-44-51-50-23)49-39(58)29-12-8-22(17-43-29)46-36(55)19-3-5-20(42)6-4-19/h3-14,16-18,30,52-54H,15H2,1-2H3,(H,45,59)(H,46,55)(H,47,56)(H,48,57)(H,49,58)(H,60,61)(H,44,50,51)/t30-/m0/s1. The Morgan fingerprint density at radius 2 is 1.29 bits per heavy atom. The van der Waals surface area contributed by atoms with Gasteiger partial charge in [0.25, 0.3) is 23.6 Å². The number of aromatic hydroxyl groups is 3. The van der Waals surface area contributed by atoms with Crippen molar-refractivity contribution >= 4 is 58.3 Å². The van der Waals surface area contributed by atoms with Crippen LogP contribution >= 0.6 is 0 Å². The summed E-state index contributed by atoms with van der Waals surface area (Å²) in [5.74, 6) is -8.61. The number of phenols is 3. The van der Waals surface area contributed by atoms with Crippen molar-refractivity contribution in [1.29, 1.82) is 0 Å². The van der Waals surface area contributed by atoms with Crippen LogP contribution in [0.1, 0.15) is 57.6 Å². The summed E-state index contributed by atoms with van der Waals surface area (Å²) in [6, 6.07) is 14.4. The van der Waals surface area contributed by atoms with Gasteiger partial charge in [-0.15, -0.1) is 0 Å². The first-order chi connectivity index (χ1) is 30.2. The normalized spacial score (nSPS) is 11.1. The predicted octanol–water partition coefficient (Wildman–Crippen LogP) is 3.91. The third-order valence-corrected chi connectivity index (χ3v) is 9.01. The van der Waals surface area contributed by atoms with Crippen LogP contribution in [0.2, 0.25) is 0 Å². The van der Waals surface area contributed by atoms with Crippen LogP contribution in [-0.4, -0.2) is 96.6 Å². The minimum absolute atomic E-state index is 0.0148. The highest BCUT2D eigenvalue weighted by Crippen LogP contribution is 2.41. The number of nitrogens with zero attached hydrogens (tertiary/aromatic N) is 3. The number of rotatable bonds is 15. The van der Waals surface area contributed by atoms with E-state index in [1.54, 1.807) is 0 Å². The van der Waals surface area contributed by atoms with Crippen LogP contribution in [0, 0.1) is 5.82 Å². The molecule has 0 radical (unpaired) electrons. The zero-order valence-electron chi connectivity index (χ0n) is 32.7. The SMILES string of the molecule is COc1c(NC(=O)c2ccc(NC(=O)c3ccc(NC(=O)[C@H](Cc4cn[nH]n4)NC(=O)c4ccc(NC(=O)c5ccc(F)cc5)cn4)cc3O)c(OC)c2O)ccc(C(=O)O)c1O. The number of aromatic amines is 1. The molecule has 0 unspecified atom stereocenters. The van der Waals surface area contributed by atoms with Crippen molar-refractivity contribution in [2.45, 2.75) is 12.5 Å². The average Bonchev–Trinajstić information content (AvgIpc) is 3.77. The smallest absolute Gasteiger partial charge is 0.339 e. The van der Waals surface area contributed by atoms with Crippen molar-refractivity contribution in [3.63, 3.8) is 0 Å². The zero-order chi connectivity index (χ0) is 45.4. The average molecular weight is 864 g/mol. The van der Waals surface area contributed by atoms with Gasteiger partial charge in [-0.2, -0.15) is 15.4 Å². The van der Waals surface area contributed by atoms with E-state index in [1.807, 2.05) is 0 Å². The van der Waals surface area contributed by atoms with Gasteiger partial charge in [0.2, 0.25) is 5.91 Å². The van der Waals surface area contributed by atoms with Crippen molar-refractivity contribution in [1.82, 2.24) is 25.7 Å². The maximum absolute atomic E-state index is 13.5. The number of carboxylic acid groups (broad SMARTS) is 1. The number of aromatic carboxylic acids is 1. The van der Waals surface area contributed by atoms with E-state index in [0.29, 0.717) is 5.69 Å². The van der Waals surface area contributed by atoms with E-state index < -0.39 is 70.2 Å². The number of hydrogen-bond acceptors (Lipinski definition) is 14. The van der Waals surface area contributed by atoms with E-state index in [1.165, 1.54) is 60.9 Å². The Morgan fingerprint density at radius 1 is 0.683 bits per heavy atom. The molecule has 2 aromatic heterocycles. The van der Waals surface area contributed by atoms with E-state index in [9.17, 15) is 53.6 Å². The van der Waals surface area contributed by atoms with E-state index in [0.717, 1.165) is 44.6 Å². The number of pyridine rings is 1. The molecule has 2 heterocycles. The van der Waals surface area contributed by atoms with E-state index in [-0.39, 0.29) is 63.1 Å². The lowest BCUT2D eigenvalue weighted by Gasteiger charge is -2.18. The van der Waals surface area contributed by atoms with E-state index in [2.05, 4.69) is 47.0 Å². The molecule has 0 saturated heterocycles. The molecule has 63 heavy (non-hydrogen) atoms. The number of methoxy groups -OCH3 is 2. The second-order valence-electron chi connectivity index (χ2n) is 13.1. The van der Waals surface area contributed by atoms with E-state index >= 15 is 0 Å².